The molecule has 0 saturated carbocycles. The number of anilines is 1. The summed E-state index contributed by atoms with van der Waals surface area (Å²) in [6, 6.07) is 10.2. The first-order valence-electron chi connectivity index (χ1n) is 7.04. The number of hydrogen-bond acceptors (Lipinski definition) is 4. The number of amides is 1. The Bertz CT molecular complexity index is 633. The molecule has 22 heavy (non-hydrogen) atoms. The average Bonchev–Trinajstić information content (AvgIpc) is 2.76. The topological polar surface area (TPSA) is 56.2 Å². The molecule has 1 N–H and O–H groups in total. The van der Waals surface area contributed by atoms with Crippen molar-refractivity contribution in [2.45, 2.75) is 37.2 Å². The lowest BCUT2D eigenvalue weighted by Crippen LogP contribution is -2.27. The normalized spacial score (nSPS) is 11.3. The molecule has 1 aromatic heterocycles. The third-order valence-corrected chi connectivity index (χ3v) is 3.97. The molecule has 2 rings (SSSR count). The maximum absolute atomic E-state index is 11.9. The molecule has 0 saturated heterocycles. The Morgan fingerprint density at radius 2 is 2.00 bits per heavy atom. The number of ether oxygens (including phenoxy) is 1. The van der Waals surface area contributed by atoms with Crippen molar-refractivity contribution < 1.29 is 9.53 Å². The largest absolute Gasteiger partial charge is 0.444 e. The van der Waals surface area contributed by atoms with Crippen molar-refractivity contribution >= 4 is 23.5 Å². The van der Waals surface area contributed by atoms with E-state index >= 15 is 0 Å². The second-order valence-electron chi connectivity index (χ2n) is 5.89. The SMILES string of the molecule is Cn1ncc(NC(=O)OC(C)(C)C)c1SCc1ccccc1. The molecule has 2 aromatic rings. The predicted octanol–water partition coefficient (Wildman–Crippen LogP) is 4.06. The number of carbonyl (C=O) groups excluding carboxylic acids is 1. The van der Waals surface area contributed by atoms with E-state index in [-0.39, 0.29) is 0 Å². The summed E-state index contributed by atoms with van der Waals surface area (Å²) in [7, 11) is 1.85. The fraction of sp³-hybridized carbons (Fsp3) is 0.375. The highest BCUT2D eigenvalue weighted by atomic mass is 32.2. The van der Waals surface area contributed by atoms with E-state index in [1.54, 1.807) is 22.6 Å². The fourth-order valence-corrected chi connectivity index (χ4v) is 2.81. The zero-order chi connectivity index (χ0) is 16.2. The van der Waals surface area contributed by atoms with Gasteiger partial charge < -0.3 is 4.74 Å². The van der Waals surface area contributed by atoms with Crippen molar-refractivity contribution in [1.29, 1.82) is 0 Å². The molecule has 118 valence electrons. The van der Waals surface area contributed by atoms with Crippen LogP contribution in [0.25, 0.3) is 0 Å². The van der Waals surface area contributed by atoms with Crippen molar-refractivity contribution in [3.63, 3.8) is 0 Å². The number of carbonyl (C=O) groups is 1. The number of hydrogen-bond donors (Lipinski definition) is 1. The van der Waals surface area contributed by atoms with E-state index in [1.165, 1.54) is 5.56 Å². The van der Waals surface area contributed by atoms with E-state index < -0.39 is 11.7 Å². The van der Waals surface area contributed by atoms with Crippen LogP contribution >= 0.6 is 11.8 Å². The van der Waals surface area contributed by atoms with Gasteiger partial charge in [-0.1, -0.05) is 42.1 Å². The van der Waals surface area contributed by atoms with Gasteiger partial charge in [-0.2, -0.15) is 5.10 Å². The van der Waals surface area contributed by atoms with Crippen LogP contribution in [0.15, 0.2) is 41.6 Å². The van der Waals surface area contributed by atoms with E-state index in [9.17, 15) is 4.79 Å². The van der Waals surface area contributed by atoms with E-state index in [4.69, 9.17) is 4.74 Å². The molecule has 0 aliphatic heterocycles. The second kappa shape index (κ2) is 6.87. The number of aromatic nitrogens is 2. The van der Waals surface area contributed by atoms with Gasteiger partial charge >= 0.3 is 6.09 Å². The Morgan fingerprint density at radius 1 is 1.32 bits per heavy atom. The van der Waals surface area contributed by atoms with Crippen molar-refractivity contribution in [3.05, 3.63) is 42.1 Å². The van der Waals surface area contributed by atoms with Gasteiger partial charge in [0.05, 0.1) is 11.9 Å². The lowest BCUT2D eigenvalue weighted by atomic mass is 10.2. The van der Waals surface area contributed by atoms with Crippen LogP contribution in [0.1, 0.15) is 26.3 Å². The molecule has 0 spiro atoms. The minimum absolute atomic E-state index is 0.470. The number of nitrogens with zero attached hydrogens (tertiary/aromatic N) is 2. The van der Waals surface area contributed by atoms with Crippen molar-refractivity contribution in [1.82, 2.24) is 9.78 Å². The lowest BCUT2D eigenvalue weighted by molar-refractivity contribution is 0.0635. The van der Waals surface area contributed by atoms with Gasteiger partial charge in [-0.05, 0) is 26.3 Å². The molecule has 0 fully saturated rings. The molecule has 0 aliphatic carbocycles. The van der Waals surface area contributed by atoms with Crippen LogP contribution in [0, 0.1) is 0 Å². The first-order valence-corrected chi connectivity index (χ1v) is 8.02. The molecule has 0 aliphatic rings. The Kier molecular flexibility index (Phi) is 5.13. The number of thioether (sulfide) groups is 1. The van der Waals surface area contributed by atoms with Crippen LogP contribution in [-0.4, -0.2) is 21.5 Å². The quantitative estimate of drug-likeness (QED) is 0.863. The second-order valence-corrected chi connectivity index (χ2v) is 6.85. The van der Waals surface area contributed by atoms with E-state index in [2.05, 4.69) is 22.5 Å². The summed E-state index contributed by atoms with van der Waals surface area (Å²) < 4.78 is 7.02. The summed E-state index contributed by atoms with van der Waals surface area (Å²) in [5.74, 6) is 0.809. The lowest BCUT2D eigenvalue weighted by Gasteiger charge is -2.19. The van der Waals surface area contributed by atoms with Gasteiger partial charge in [0.15, 0.2) is 0 Å². The monoisotopic (exact) mass is 319 g/mol. The molecule has 1 aromatic carbocycles. The Labute approximate surface area is 135 Å². The summed E-state index contributed by atoms with van der Waals surface area (Å²) in [6.45, 7) is 5.50. The predicted molar refractivity (Wildman–Crippen MR) is 89.1 cm³/mol. The molecule has 0 atom stereocenters. The molecule has 0 bridgehead atoms. The van der Waals surface area contributed by atoms with Crippen LogP contribution in [0.4, 0.5) is 10.5 Å². The smallest absolute Gasteiger partial charge is 0.412 e. The Balaban J connectivity index is 2.03. The summed E-state index contributed by atoms with van der Waals surface area (Å²) >= 11 is 1.62. The van der Waals surface area contributed by atoms with E-state index in [0.717, 1.165) is 10.8 Å². The van der Waals surface area contributed by atoms with Gasteiger partial charge in [0, 0.05) is 12.8 Å². The molecular formula is C16H21N3O2S. The standard InChI is InChI=1S/C16H21N3O2S/c1-16(2,3)21-15(20)18-13-10-17-19(4)14(13)22-11-12-8-6-5-7-9-12/h5-10H,11H2,1-4H3,(H,18,20). The van der Waals surface area contributed by atoms with E-state index in [1.807, 2.05) is 46.0 Å². The Hall–Kier alpha value is -1.95. The zero-order valence-electron chi connectivity index (χ0n) is 13.3. The van der Waals surface area contributed by atoms with Crippen molar-refractivity contribution in [3.8, 4) is 0 Å². The summed E-state index contributed by atoms with van der Waals surface area (Å²) in [5.41, 5.74) is 1.36. The highest BCUT2D eigenvalue weighted by molar-refractivity contribution is 7.98. The maximum atomic E-state index is 11.9. The van der Waals surface area contributed by atoms with Crippen molar-refractivity contribution in [2.75, 3.05) is 5.32 Å². The molecule has 6 heteroatoms. The summed E-state index contributed by atoms with van der Waals surface area (Å²) in [4.78, 5) is 11.9. The van der Waals surface area contributed by atoms with Crippen molar-refractivity contribution in [2.24, 2.45) is 7.05 Å². The van der Waals surface area contributed by atoms with Gasteiger partial charge in [0.2, 0.25) is 0 Å². The summed E-state index contributed by atoms with van der Waals surface area (Å²) in [5, 5.41) is 7.86. The van der Waals surface area contributed by atoms with Crippen LogP contribution in [0.2, 0.25) is 0 Å². The zero-order valence-corrected chi connectivity index (χ0v) is 14.1. The van der Waals surface area contributed by atoms with Gasteiger partial charge in [0.25, 0.3) is 0 Å². The molecule has 0 unspecified atom stereocenters. The molecular weight excluding hydrogens is 298 g/mol. The highest BCUT2D eigenvalue weighted by Gasteiger charge is 2.18. The highest BCUT2D eigenvalue weighted by Crippen LogP contribution is 2.29. The van der Waals surface area contributed by atoms with Gasteiger partial charge in [-0.3, -0.25) is 10.00 Å². The van der Waals surface area contributed by atoms with Crippen LogP contribution < -0.4 is 5.32 Å². The third-order valence-electron chi connectivity index (χ3n) is 2.74. The number of rotatable bonds is 4. The van der Waals surface area contributed by atoms with Gasteiger partial charge in [0.1, 0.15) is 10.6 Å². The van der Waals surface area contributed by atoms with Crippen LogP contribution in [0.5, 0.6) is 0 Å². The summed E-state index contributed by atoms with van der Waals surface area (Å²) in [6.07, 6.45) is 1.17. The minimum atomic E-state index is -0.524. The number of benzene rings is 1. The fourth-order valence-electron chi connectivity index (χ4n) is 1.82. The maximum Gasteiger partial charge on any atom is 0.412 e. The third kappa shape index (κ3) is 4.80. The molecule has 1 heterocycles. The van der Waals surface area contributed by atoms with E-state index in [0.29, 0.717) is 5.69 Å². The average molecular weight is 319 g/mol. The number of nitrogens with one attached hydrogen (secondary N) is 1. The molecule has 1 amide bonds. The first-order chi connectivity index (χ1) is 10.3. The van der Waals surface area contributed by atoms with Gasteiger partial charge in [-0.25, -0.2) is 4.79 Å². The number of aryl methyl sites for hydroxylation is 1. The first kappa shape index (κ1) is 16.4. The minimum Gasteiger partial charge on any atom is -0.444 e. The Morgan fingerprint density at radius 3 is 2.64 bits per heavy atom. The molecule has 0 radical (unpaired) electrons. The van der Waals surface area contributed by atoms with Gasteiger partial charge in [-0.15, -0.1) is 0 Å². The van der Waals surface area contributed by atoms with Crippen LogP contribution in [-0.2, 0) is 17.5 Å². The van der Waals surface area contributed by atoms with Crippen LogP contribution in [0.3, 0.4) is 0 Å². The molecule has 5 nitrogen and oxygen atoms in total.